The van der Waals surface area contributed by atoms with Crippen molar-refractivity contribution in [1.82, 2.24) is 9.97 Å². The molecular formula is C10H15N3O. The molecule has 1 fully saturated rings. The van der Waals surface area contributed by atoms with Gasteiger partial charge in [0.2, 0.25) is 0 Å². The monoisotopic (exact) mass is 193 g/mol. The molecule has 0 bridgehead atoms. The first-order chi connectivity index (χ1) is 6.84. The van der Waals surface area contributed by atoms with Gasteiger partial charge >= 0.3 is 0 Å². The van der Waals surface area contributed by atoms with E-state index in [1.54, 1.807) is 18.6 Å². The SMILES string of the molecule is OC1CCC(CNc2cnccn2)C1. The average molecular weight is 193 g/mol. The molecule has 2 rings (SSSR count). The third-order valence-electron chi connectivity index (χ3n) is 2.65. The zero-order chi connectivity index (χ0) is 9.80. The van der Waals surface area contributed by atoms with E-state index in [1.165, 1.54) is 0 Å². The number of nitrogens with one attached hydrogen (secondary N) is 1. The Bertz CT molecular complexity index is 278. The average Bonchev–Trinajstić information content (AvgIpc) is 2.63. The Hall–Kier alpha value is -1.16. The van der Waals surface area contributed by atoms with Crippen molar-refractivity contribution in [2.75, 3.05) is 11.9 Å². The predicted octanol–water partition coefficient (Wildman–Crippen LogP) is 1.05. The number of nitrogens with zero attached hydrogens (tertiary/aromatic N) is 2. The molecule has 2 atom stereocenters. The molecule has 1 aliphatic carbocycles. The molecule has 0 saturated heterocycles. The maximum absolute atomic E-state index is 9.34. The lowest BCUT2D eigenvalue weighted by atomic mass is 10.1. The molecule has 0 amide bonds. The maximum Gasteiger partial charge on any atom is 0.144 e. The van der Waals surface area contributed by atoms with E-state index in [0.29, 0.717) is 5.92 Å². The molecule has 0 aliphatic heterocycles. The molecule has 0 radical (unpaired) electrons. The number of aliphatic hydroxyl groups excluding tert-OH is 1. The zero-order valence-corrected chi connectivity index (χ0v) is 8.06. The third kappa shape index (κ3) is 2.42. The molecule has 1 heterocycles. The molecule has 4 heteroatoms. The first kappa shape index (κ1) is 9.40. The Kier molecular flexibility index (Phi) is 2.93. The summed E-state index contributed by atoms with van der Waals surface area (Å²) in [5.74, 6) is 1.39. The van der Waals surface area contributed by atoms with Crippen LogP contribution in [0.25, 0.3) is 0 Å². The van der Waals surface area contributed by atoms with Crippen LogP contribution in [-0.4, -0.2) is 27.7 Å². The lowest BCUT2D eigenvalue weighted by molar-refractivity contribution is 0.178. The minimum Gasteiger partial charge on any atom is -0.393 e. The van der Waals surface area contributed by atoms with Crippen molar-refractivity contribution in [2.45, 2.75) is 25.4 Å². The predicted molar refractivity (Wildman–Crippen MR) is 53.9 cm³/mol. The van der Waals surface area contributed by atoms with E-state index in [1.807, 2.05) is 0 Å². The maximum atomic E-state index is 9.34. The van der Waals surface area contributed by atoms with Gasteiger partial charge in [-0.25, -0.2) is 4.98 Å². The van der Waals surface area contributed by atoms with Crippen LogP contribution in [0.5, 0.6) is 0 Å². The van der Waals surface area contributed by atoms with E-state index in [-0.39, 0.29) is 6.10 Å². The highest BCUT2D eigenvalue weighted by molar-refractivity contribution is 5.29. The lowest BCUT2D eigenvalue weighted by Gasteiger charge is -2.10. The van der Waals surface area contributed by atoms with Crippen molar-refractivity contribution in [3.8, 4) is 0 Å². The van der Waals surface area contributed by atoms with E-state index in [0.717, 1.165) is 31.6 Å². The van der Waals surface area contributed by atoms with Gasteiger partial charge in [0.1, 0.15) is 5.82 Å². The topological polar surface area (TPSA) is 58.0 Å². The molecule has 14 heavy (non-hydrogen) atoms. The highest BCUT2D eigenvalue weighted by Gasteiger charge is 2.22. The van der Waals surface area contributed by atoms with Crippen LogP contribution in [0.15, 0.2) is 18.6 Å². The molecule has 1 aromatic heterocycles. The number of hydrogen-bond donors (Lipinski definition) is 2. The van der Waals surface area contributed by atoms with E-state index >= 15 is 0 Å². The smallest absolute Gasteiger partial charge is 0.144 e. The van der Waals surface area contributed by atoms with E-state index < -0.39 is 0 Å². The van der Waals surface area contributed by atoms with Crippen molar-refractivity contribution in [3.63, 3.8) is 0 Å². The summed E-state index contributed by atoms with van der Waals surface area (Å²) in [4.78, 5) is 8.09. The summed E-state index contributed by atoms with van der Waals surface area (Å²) < 4.78 is 0. The highest BCUT2D eigenvalue weighted by Crippen LogP contribution is 2.25. The van der Waals surface area contributed by atoms with Crippen LogP contribution in [0.4, 0.5) is 5.82 Å². The Morgan fingerprint density at radius 3 is 3.00 bits per heavy atom. The number of anilines is 1. The molecule has 1 aliphatic rings. The minimum absolute atomic E-state index is 0.0938. The fourth-order valence-corrected chi connectivity index (χ4v) is 1.87. The number of aliphatic hydroxyl groups is 1. The van der Waals surface area contributed by atoms with Gasteiger partial charge in [0.05, 0.1) is 12.3 Å². The quantitative estimate of drug-likeness (QED) is 0.753. The largest absolute Gasteiger partial charge is 0.393 e. The van der Waals surface area contributed by atoms with Crippen LogP contribution in [0.1, 0.15) is 19.3 Å². The molecule has 2 unspecified atom stereocenters. The van der Waals surface area contributed by atoms with Crippen LogP contribution in [0, 0.1) is 5.92 Å². The van der Waals surface area contributed by atoms with Crippen LogP contribution in [0.3, 0.4) is 0 Å². The van der Waals surface area contributed by atoms with Gasteiger partial charge in [-0.3, -0.25) is 4.98 Å². The molecule has 1 saturated carbocycles. The first-order valence-corrected chi connectivity index (χ1v) is 5.02. The Morgan fingerprint density at radius 2 is 2.36 bits per heavy atom. The summed E-state index contributed by atoms with van der Waals surface area (Å²) in [6.45, 7) is 0.885. The molecule has 1 aromatic rings. The number of rotatable bonds is 3. The molecule has 4 nitrogen and oxygen atoms in total. The van der Waals surface area contributed by atoms with Gasteiger partial charge < -0.3 is 10.4 Å². The van der Waals surface area contributed by atoms with Crippen LogP contribution in [-0.2, 0) is 0 Å². The van der Waals surface area contributed by atoms with Crippen LogP contribution in [0.2, 0.25) is 0 Å². The fraction of sp³-hybridized carbons (Fsp3) is 0.600. The van der Waals surface area contributed by atoms with E-state index in [4.69, 9.17) is 0 Å². The normalized spacial score (nSPS) is 26.4. The Morgan fingerprint density at radius 1 is 1.43 bits per heavy atom. The van der Waals surface area contributed by atoms with Gasteiger partial charge in [-0.1, -0.05) is 0 Å². The second-order valence-corrected chi connectivity index (χ2v) is 3.80. The van der Waals surface area contributed by atoms with Gasteiger partial charge in [0.15, 0.2) is 0 Å². The van der Waals surface area contributed by atoms with Crippen molar-refractivity contribution < 1.29 is 5.11 Å². The first-order valence-electron chi connectivity index (χ1n) is 5.02. The summed E-state index contributed by atoms with van der Waals surface area (Å²) in [5, 5.41) is 12.6. The Labute approximate surface area is 83.4 Å². The second kappa shape index (κ2) is 4.37. The van der Waals surface area contributed by atoms with Gasteiger partial charge in [-0.15, -0.1) is 0 Å². The number of hydrogen-bond acceptors (Lipinski definition) is 4. The summed E-state index contributed by atoms with van der Waals surface area (Å²) >= 11 is 0. The van der Waals surface area contributed by atoms with Crippen molar-refractivity contribution in [2.24, 2.45) is 5.92 Å². The van der Waals surface area contributed by atoms with E-state index in [2.05, 4.69) is 15.3 Å². The lowest BCUT2D eigenvalue weighted by Crippen LogP contribution is -2.13. The van der Waals surface area contributed by atoms with Gasteiger partial charge in [-0.05, 0) is 25.2 Å². The van der Waals surface area contributed by atoms with Crippen molar-refractivity contribution in [3.05, 3.63) is 18.6 Å². The molecule has 2 N–H and O–H groups in total. The number of aromatic nitrogens is 2. The van der Waals surface area contributed by atoms with E-state index in [9.17, 15) is 5.11 Å². The summed E-state index contributed by atoms with van der Waals surface area (Å²) in [7, 11) is 0. The van der Waals surface area contributed by atoms with Crippen LogP contribution < -0.4 is 5.32 Å². The van der Waals surface area contributed by atoms with Crippen LogP contribution >= 0.6 is 0 Å². The third-order valence-corrected chi connectivity index (χ3v) is 2.65. The summed E-state index contributed by atoms with van der Waals surface area (Å²) in [6.07, 6.45) is 7.90. The fourth-order valence-electron chi connectivity index (χ4n) is 1.87. The standard InChI is InChI=1S/C10H15N3O/c14-9-2-1-8(5-9)6-13-10-7-11-3-4-12-10/h3-4,7-9,14H,1-2,5-6H2,(H,12,13). The summed E-state index contributed by atoms with van der Waals surface area (Å²) in [6, 6.07) is 0. The molecule has 76 valence electrons. The summed E-state index contributed by atoms with van der Waals surface area (Å²) in [5.41, 5.74) is 0. The van der Waals surface area contributed by atoms with Gasteiger partial charge in [0, 0.05) is 18.9 Å². The Balaban J connectivity index is 1.78. The zero-order valence-electron chi connectivity index (χ0n) is 8.06. The van der Waals surface area contributed by atoms with Crippen molar-refractivity contribution in [1.29, 1.82) is 0 Å². The molecule has 0 aromatic carbocycles. The van der Waals surface area contributed by atoms with Gasteiger partial charge in [-0.2, -0.15) is 0 Å². The van der Waals surface area contributed by atoms with Crippen molar-refractivity contribution >= 4 is 5.82 Å². The highest BCUT2D eigenvalue weighted by atomic mass is 16.3. The molecule has 0 spiro atoms. The molecular weight excluding hydrogens is 178 g/mol. The van der Waals surface area contributed by atoms with Gasteiger partial charge in [0.25, 0.3) is 0 Å². The second-order valence-electron chi connectivity index (χ2n) is 3.80. The minimum atomic E-state index is -0.0938.